The molecule has 0 spiro atoms. The Kier molecular flexibility index (Phi) is 7.64. The van der Waals surface area contributed by atoms with Crippen molar-refractivity contribution in [2.45, 2.75) is 66.2 Å². The molecule has 3 aromatic rings. The van der Waals surface area contributed by atoms with E-state index in [1.54, 1.807) is 0 Å². The number of ketones is 1. The van der Waals surface area contributed by atoms with Crippen molar-refractivity contribution < 1.29 is 22.7 Å². The number of alkyl halides is 3. The molecule has 5 nitrogen and oxygen atoms in total. The largest absolute Gasteiger partial charge is 0.489 e. The highest BCUT2D eigenvalue weighted by atomic mass is 19.4. The van der Waals surface area contributed by atoms with E-state index in [0.717, 1.165) is 45.7 Å². The molecule has 0 radical (unpaired) electrons. The van der Waals surface area contributed by atoms with Gasteiger partial charge in [0.2, 0.25) is 0 Å². The number of rotatable bonds is 5. The first-order valence-corrected chi connectivity index (χ1v) is 14.1. The Labute approximate surface area is 250 Å². The average molecular weight is 586 g/mol. The normalized spacial score (nSPS) is 18.4. The Hall–Kier alpha value is -4.51. The zero-order chi connectivity index (χ0) is 31.3. The first kappa shape index (κ1) is 30.0. The highest BCUT2D eigenvalue weighted by Crippen LogP contribution is 2.51. The number of Topliss-reactive ketones (excluding diaryl/α,β-unsaturated/α-hetero) is 1. The number of hydrogen-bond donors (Lipinski definition) is 1. The molecule has 43 heavy (non-hydrogen) atoms. The van der Waals surface area contributed by atoms with Crippen LogP contribution in [0.1, 0.15) is 66.0 Å². The maximum atomic E-state index is 13.9. The van der Waals surface area contributed by atoms with E-state index in [1.807, 2.05) is 71.0 Å². The van der Waals surface area contributed by atoms with Gasteiger partial charge in [-0.3, -0.25) is 9.69 Å². The van der Waals surface area contributed by atoms with Gasteiger partial charge in [-0.1, -0.05) is 49.7 Å². The predicted octanol–water partition coefficient (Wildman–Crippen LogP) is 8.15. The van der Waals surface area contributed by atoms with E-state index in [2.05, 4.69) is 6.07 Å². The fourth-order valence-corrected chi connectivity index (χ4v) is 6.11. The van der Waals surface area contributed by atoms with Crippen molar-refractivity contribution in [3.63, 3.8) is 0 Å². The number of carbonyl (C=O) groups excluding carboxylic acids is 1. The Morgan fingerprint density at radius 1 is 1.02 bits per heavy atom. The van der Waals surface area contributed by atoms with Crippen LogP contribution < -0.4 is 15.4 Å². The van der Waals surface area contributed by atoms with E-state index in [-0.39, 0.29) is 35.9 Å². The summed E-state index contributed by atoms with van der Waals surface area (Å²) in [6.45, 7) is 10.1. The van der Waals surface area contributed by atoms with Crippen molar-refractivity contribution >= 4 is 11.5 Å². The number of halogens is 3. The van der Waals surface area contributed by atoms with Gasteiger partial charge in [0.25, 0.3) is 0 Å². The topological polar surface area (TPSA) is 79.3 Å². The van der Waals surface area contributed by atoms with E-state index in [4.69, 9.17) is 10.5 Å². The molecule has 0 saturated heterocycles. The molecule has 0 saturated carbocycles. The third kappa shape index (κ3) is 5.77. The summed E-state index contributed by atoms with van der Waals surface area (Å²) in [5, 5.41) is 10.5. The summed E-state index contributed by atoms with van der Waals surface area (Å²) in [5.74, 6) is -0.165. The van der Waals surface area contributed by atoms with E-state index in [1.165, 1.54) is 17.0 Å². The molecule has 0 aromatic heterocycles. The number of nitrogens with two attached hydrogens (primary N) is 1. The molecule has 1 aliphatic carbocycles. The van der Waals surface area contributed by atoms with Crippen LogP contribution in [0.5, 0.6) is 5.75 Å². The SMILES string of the molecule is Cc1ccc(OCc2cc(C3C(C#N)=C(N)N(c4cccc(C(F)(F)F)c4)C4=C3C(=O)CC(C)(C)C4)c(C)cc2C)cc1. The van der Waals surface area contributed by atoms with E-state index in [9.17, 15) is 23.2 Å². The summed E-state index contributed by atoms with van der Waals surface area (Å²) in [5.41, 5.74) is 11.2. The van der Waals surface area contributed by atoms with E-state index in [0.29, 0.717) is 17.7 Å². The number of nitriles is 1. The van der Waals surface area contributed by atoms with Gasteiger partial charge in [-0.05, 0) is 85.2 Å². The molecule has 0 amide bonds. The fourth-order valence-electron chi connectivity index (χ4n) is 6.11. The minimum Gasteiger partial charge on any atom is -0.489 e. The van der Waals surface area contributed by atoms with Gasteiger partial charge in [0.1, 0.15) is 18.2 Å². The minimum absolute atomic E-state index is 0.0218. The lowest BCUT2D eigenvalue weighted by Crippen LogP contribution is -2.42. The Morgan fingerprint density at radius 3 is 2.37 bits per heavy atom. The molecule has 0 bridgehead atoms. The number of allylic oxidation sites excluding steroid dienone is 3. The number of anilines is 1. The predicted molar refractivity (Wildman–Crippen MR) is 160 cm³/mol. The highest BCUT2D eigenvalue weighted by molar-refractivity contribution is 6.01. The van der Waals surface area contributed by atoms with E-state index >= 15 is 0 Å². The lowest BCUT2D eigenvalue weighted by Gasteiger charge is -2.44. The molecule has 1 unspecified atom stereocenters. The first-order valence-electron chi connectivity index (χ1n) is 14.1. The zero-order valence-electron chi connectivity index (χ0n) is 24.9. The lowest BCUT2D eigenvalue weighted by molar-refractivity contribution is -0.137. The highest BCUT2D eigenvalue weighted by Gasteiger charge is 2.45. The third-order valence-corrected chi connectivity index (χ3v) is 8.26. The lowest BCUT2D eigenvalue weighted by atomic mass is 9.68. The smallest absolute Gasteiger partial charge is 0.416 e. The van der Waals surface area contributed by atoms with Gasteiger partial charge in [-0.25, -0.2) is 0 Å². The molecule has 222 valence electrons. The van der Waals surface area contributed by atoms with Crippen molar-refractivity contribution in [2.75, 3.05) is 4.90 Å². The summed E-state index contributed by atoms with van der Waals surface area (Å²) in [7, 11) is 0. The quantitative estimate of drug-likeness (QED) is 0.327. The summed E-state index contributed by atoms with van der Waals surface area (Å²) in [4.78, 5) is 15.4. The van der Waals surface area contributed by atoms with Crippen molar-refractivity contribution in [2.24, 2.45) is 11.1 Å². The number of ether oxygens (including phenoxy) is 1. The van der Waals surface area contributed by atoms with Crippen LogP contribution in [0.4, 0.5) is 18.9 Å². The maximum Gasteiger partial charge on any atom is 0.416 e. The second-order valence-electron chi connectivity index (χ2n) is 12.3. The number of carbonyl (C=O) groups is 1. The second kappa shape index (κ2) is 11.0. The molecule has 2 aliphatic rings. The number of nitrogens with zero attached hydrogens (tertiary/aromatic N) is 2. The third-order valence-electron chi connectivity index (χ3n) is 8.26. The van der Waals surface area contributed by atoms with Crippen LogP contribution in [-0.2, 0) is 17.6 Å². The summed E-state index contributed by atoms with van der Waals surface area (Å²) >= 11 is 0. The number of benzene rings is 3. The summed E-state index contributed by atoms with van der Waals surface area (Å²) in [6.07, 6.45) is -3.93. The standard InChI is InChI=1S/C35H34F3N3O2/c1-20-9-11-26(12-10-20)43-19-23-14-27(22(3)13-21(23)2)31-28(18-39)33(40)41(25-8-6-7-24(15-25)35(36,37)38)29-16-34(4,5)17-30(42)32(29)31/h6-15,31H,16-17,19,40H2,1-5H3. The molecular weight excluding hydrogens is 551 g/mol. The zero-order valence-corrected chi connectivity index (χ0v) is 24.9. The van der Waals surface area contributed by atoms with Gasteiger partial charge in [-0.15, -0.1) is 0 Å². The second-order valence-corrected chi connectivity index (χ2v) is 12.3. The molecule has 8 heteroatoms. The Balaban J connectivity index is 1.67. The molecule has 3 aromatic carbocycles. The van der Waals surface area contributed by atoms with Crippen LogP contribution in [0, 0.1) is 37.5 Å². The molecule has 2 N–H and O–H groups in total. The molecular formula is C35H34F3N3O2. The van der Waals surface area contributed by atoms with Gasteiger partial charge in [0.15, 0.2) is 5.78 Å². The Morgan fingerprint density at radius 2 is 1.72 bits per heavy atom. The molecule has 5 rings (SSSR count). The van der Waals surface area contributed by atoms with Crippen molar-refractivity contribution in [3.8, 4) is 11.8 Å². The monoisotopic (exact) mass is 585 g/mol. The van der Waals surface area contributed by atoms with Gasteiger partial charge in [0.05, 0.1) is 23.1 Å². The van der Waals surface area contributed by atoms with E-state index < -0.39 is 23.1 Å². The molecule has 1 heterocycles. The van der Waals surface area contributed by atoms with Gasteiger partial charge in [0, 0.05) is 23.4 Å². The molecule has 0 fully saturated rings. The Bertz CT molecular complexity index is 1710. The molecule has 1 atom stereocenters. The van der Waals surface area contributed by atoms with Crippen molar-refractivity contribution in [3.05, 3.63) is 117 Å². The van der Waals surface area contributed by atoms with Gasteiger partial charge < -0.3 is 10.5 Å². The van der Waals surface area contributed by atoms with Crippen molar-refractivity contribution in [1.82, 2.24) is 0 Å². The van der Waals surface area contributed by atoms with Crippen LogP contribution >= 0.6 is 0 Å². The summed E-state index contributed by atoms with van der Waals surface area (Å²) < 4.78 is 47.1. The van der Waals surface area contributed by atoms with Crippen LogP contribution in [0.25, 0.3) is 0 Å². The van der Waals surface area contributed by atoms with Crippen LogP contribution in [0.2, 0.25) is 0 Å². The number of aryl methyl sites for hydroxylation is 3. The van der Waals surface area contributed by atoms with Crippen LogP contribution in [0.15, 0.2) is 83.3 Å². The van der Waals surface area contributed by atoms with Crippen molar-refractivity contribution in [1.29, 1.82) is 5.26 Å². The molecule has 1 aliphatic heterocycles. The van der Waals surface area contributed by atoms with Crippen LogP contribution in [0.3, 0.4) is 0 Å². The number of hydrogen-bond acceptors (Lipinski definition) is 5. The fraction of sp³-hybridized carbons (Fsp3) is 0.314. The van der Waals surface area contributed by atoms with Gasteiger partial charge >= 0.3 is 6.18 Å². The average Bonchev–Trinajstić information content (AvgIpc) is 2.92. The van der Waals surface area contributed by atoms with Crippen LogP contribution in [-0.4, -0.2) is 5.78 Å². The first-order chi connectivity index (χ1) is 20.2. The minimum atomic E-state index is -4.57. The summed E-state index contributed by atoms with van der Waals surface area (Å²) in [6, 6.07) is 18.8. The van der Waals surface area contributed by atoms with Gasteiger partial charge in [-0.2, -0.15) is 18.4 Å². The maximum absolute atomic E-state index is 13.9.